The fourth-order valence-corrected chi connectivity index (χ4v) is 2.66. The number of ether oxygens (including phenoxy) is 1. The molecule has 102 valence electrons. The molecule has 3 nitrogen and oxygen atoms in total. The lowest BCUT2D eigenvalue weighted by Gasteiger charge is -2.46. The summed E-state index contributed by atoms with van der Waals surface area (Å²) in [5.41, 5.74) is 6.47. The van der Waals surface area contributed by atoms with E-state index >= 15 is 0 Å². The summed E-state index contributed by atoms with van der Waals surface area (Å²) in [6, 6.07) is 0.122. The normalized spacial score (nSPS) is 23.3. The second kappa shape index (κ2) is 7.34. The predicted molar refractivity (Wildman–Crippen MR) is 73.2 cm³/mol. The molecular weight excluding hydrogens is 212 g/mol. The molecule has 1 heterocycles. The van der Waals surface area contributed by atoms with Crippen molar-refractivity contribution >= 4 is 0 Å². The van der Waals surface area contributed by atoms with Gasteiger partial charge in [0, 0.05) is 18.2 Å². The Morgan fingerprint density at radius 1 is 1.24 bits per heavy atom. The Kier molecular flexibility index (Phi) is 6.45. The smallest absolute Gasteiger partial charge is 0.0635 e. The first-order valence-electron chi connectivity index (χ1n) is 7.23. The maximum absolute atomic E-state index is 6.37. The fraction of sp³-hybridized carbons (Fsp3) is 1.00. The molecule has 0 amide bonds. The van der Waals surface area contributed by atoms with E-state index in [1.54, 1.807) is 0 Å². The third-order valence-corrected chi connectivity index (χ3v) is 4.24. The quantitative estimate of drug-likeness (QED) is 0.697. The molecule has 0 aromatic heterocycles. The summed E-state index contributed by atoms with van der Waals surface area (Å²) in [5, 5.41) is 0. The fourth-order valence-electron chi connectivity index (χ4n) is 2.66. The van der Waals surface area contributed by atoms with Crippen molar-refractivity contribution in [3.8, 4) is 0 Å². The summed E-state index contributed by atoms with van der Waals surface area (Å²) >= 11 is 0. The summed E-state index contributed by atoms with van der Waals surface area (Å²) in [5.74, 6) is 0. The molecule has 0 aromatic carbocycles. The molecule has 17 heavy (non-hydrogen) atoms. The number of rotatable bonds is 7. The van der Waals surface area contributed by atoms with Gasteiger partial charge in [-0.05, 0) is 45.7 Å². The SMILES string of the molecule is CCCOCC(N)C(C)(CC)N1CCCCC1. The highest BCUT2D eigenvalue weighted by atomic mass is 16.5. The Morgan fingerprint density at radius 3 is 2.41 bits per heavy atom. The summed E-state index contributed by atoms with van der Waals surface area (Å²) < 4.78 is 5.63. The van der Waals surface area contributed by atoms with Gasteiger partial charge in [0.25, 0.3) is 0 Å². The molecule has 3 heteroatoms. The van der Waals surface area contributed by atoms with Gasteiger partial charge in [-0.25, -0.2) is 0 Å². The average Bonchev–Trinajstić information content (AvgIpc) is 2.39. The van der Waals surface area contributed by atoms with Crippen LogP contribution in [0.2, 0.25) is 0 Å². The minimum Gasteiger partial charge on any atom is -0.380 e. The zero-order chi connectivity index (χ0) is 12.7. The van der Waals surface area contributed by atoms with Crippen LogP contribution in [-0.2, 0) is 4.74 Å². The molecule has 0 radical (unpaired) electrons. The van der Waals surface area contributed by atoms with Crippen molar-refractivity contribution in [2.75, 3.05) is 26.3 Å². The van der Waals surface area contributed by atoms with Crippen LogP contribution in [0.25, 0.3) is 0 Å². The number of nitrogens with zero attached hydrogens (tertiary/aromatic N) is 1. The Morgan fingerprint density at radius 2 is 1.88 bits per heavy atom. The standard InChI is InChI=1S/C14H30N2O/c1-4-11-17-12-13(15)14(3,5-2)16-9-7-6-8-10-16/h13H,4-12,15H2,1-3H3. The van der Waals surface area contributed by atoms with E-state index in [9.17, 15) is 0 Å². The Bertz CT molecular complexity index is 204. The van der Waals surface area contributed by atoms with Gasteiger partial charge in [-0.15, -0.1) is 0 Å². The third kappa shape index (κ3) is 3.94. The van der Waals surface area contributed by atoms with E-state index in [2.05, 4.69) is 25.7 Å². The zero-order valence-corrected chi connectivity index (χ0v) is 11.9. The molecule has 2 atom stereocenters. The lowest BCUT2D eigenvalue weighted by atomic mass is 9.86. The van der Waals surface area contributed by atoms with Gasteiger partial charge in [-0.3, -0.25) is 4.90 Å². The first kappa shape index (κ1) is 14.9. The molecule has 1 rings (SSSR count). The van der Waals surface area contributed by atoms with Crippen molar-refractivity contribution in [3.05, 3.63) is 0 Å². The topological polar surface area (TPSA) is 38.5 Å². The van der Waals surface area contributed by atoms with E-state index in [1.165, 1.54) is 32.4 Å². The van der Waals surface area contributed by atoms with Gasteiger partial charge in [-0.1, -0.05) is 20.3 Å². The number of hydrogen-bond acceptors (Lipinski definition) is 3. The van der Waals surface area contributed by atoms with Crippen LogP contribution in [0.4, 0.5) is 0 Å². The van der Waals surface area contributed by atoms with Gasteiger partial charge in [0.15, 0.2) is 0 Å². The van der Waals surface area contributed by atoms with Gasteiger partial charge in [0.1, 0.15) is 0 Å². The maximum Gasteiger partial charge on any atom is 0.0635 e. The molecule has 0 aromatic rings. The highest BCUT2D eigenvalue weighted by molar-refractivity contribution is 4.95. The second-order valence-corrected chi connectivity index (χ2v) is 5.44. The largest absolute Gasteiger partial charge is 0.380 e. The van der Waals surface area contributed by atoms with Crippen LogP contribution >= 0.6 is 0 Å². The lowest BCUT2D eigenvalue weighted by molar-refractivity contribution is 0.0157. The number of nitrogens with two attached hydrogens (primary N) is 1. The molecule has 1 aliphatic heterocycles. The van der Waals surface area contributed by atoms with Crippen LogP contribution in [0.1, 0.15) is 52.9 Å². The monoisotopic (exact) mass is 242 g/mol. The van der Waals surface area contributed by atoms with Crippen molar-refractivity contribution in [1.29, 1.82) is 0 Å². The third-order valence-electron chi connectivity index (χ3n) is 4.24. The minimum atomic E-state index is 0.105. The van der Waals surface area contributed by atoms with Crippen molar-refractivity contribution < 1.29 is 4.74 Å². The predicted octanol–water partition coefficient (Wildman–Crippen LogP) is 2.39. The Hall–Kier alpha value is -0.120. The van der Waals surface area contributed by atoms with Gasteiger partial charge in [-0.2, -0.15) is 0 Å². The van der Waals surface area contributed by atoms with Crippen LogP contribution in [-0.4, -0.2) is 42.8 Å². The van der Waals surface area contributed by atoms with E-state index in [-0.39, 0.29) is 11.6 Å². The Labute approximate surface area is 107 Å². The highest BCUT2D eigenvalue weighted by Crippen LogP contribution is 2.26. The minimum absolute atomic E-state index is 0.105. The summed E-state index contributed by atoms with van der Waals surface area (Å²) in [4.78, 5) is 2.58. The summed E-state index contributed by atoms with van der Waals surface area (Å²) in [6.45, 7) is 10.6. The molecule has 2 N–H and O–H groups in total. The molecule has 1 saturated heterocycles. The van der Waals surface area contributed by atoms with Crippen LogP contribution in [0.3, 0.4) is 0 Å². The van der Waals surface area contributed by atoms with E-state index < -0.39 is 0 Å². The van der Waals surface area contributed by atoms with Crippen LogP contribution in [0, 0.1) is 0 Å². The van der Waals surface area contributed by atoms with Gasteiger partial charge < -0.3 is 10.5 Å². The molecule has 1 fully saturated rings. The molecule has 0 bridgehead atoms. The summed E-state index contributed by atoms with van der Waals surface area (Å²) in [7, 11) is 0. The maximum atomic E-state index is 6.37. The zero-order valence-electron chi connectivity index (χ0n) is 11.9. The Balaban J connectivity index is 2.52. The first-order chi connectivity index (χ1) is 8.15. The summed E-state index contributed by atoms with van der Waals surface area (Å²) in [6.07, 6.45) is 6.18. The van der Waals surface area contributed by atoms with Crippen LogP contribution < -0.4 is 5.73 Å². The number of likely N-dealkylation sites (tertiary alicyclic amines) is 1. The number of piperidine rings is 1. The van der Waals surface area contributed by atoms with Gasteiger partial charge >= 0.3 is 0 Å². The van der Waals surface area contributed by atoms with Crippen molar-refractivity contribution in [3.63, 3.8) is 0 Å². The van der Waals surface area contributed by atoms with Crippen LogP contribution in [0.5, 0.6) is 0 Å². The molecule has 0 saturated carbocycles. The highest BCUT2D eigenvalue weighted by Gasteiger charge is 2.36. The molecule has 0 aliphatic carbocycles. The van der Waals surface area contributed by atoms with Crippen molar-refractivity contribution in [2.45, 2.75) is 64.5 Å². The second-order valence-electron chi connectivity index (χ2n) is 5.44. The average molecular weight is 242 g/mol. The molecule has 1 aliphatic rings. The van der Waals surface area contributed by atoms with E-state index in [1.807, 2.05) is 0 Å². The number of hydrogen-bond donors (Lipinski definition) is 1. The van der Waals surface area contributed by atoms with Crippen LogP contribution in [0.15, 0.2) is 0 Å². The molecule has 0 spiro atoms. The first-order valence-corrected chi connectivity index (χ1v) is 7.23. The van der Waals surface area contributed by atoms with E-state index in [0.717, 1.165) is 19.4 Å². The van der Waals surface area contributed by atoms with Gasteiger partial charge in [0.2, 0.25) is 0 Å². The molecule has 2 unspecified atom stereocenters. The lowest BCUT2D eigenvalue weighted by Crippen LogP contribution is -2.60. The van der Waals surface area contributed by atoms with E-state index in [0.29, 0.717) is 6.61 Å². The molecular formula is C14H30N2O. The van der Waals surface area contributed by atoms with Crippen molar-refractivity contribution in [2.24, 2.45) is 5.73 Å². The van der Waals surface area contributed by atoms with Crippen molar-refractivity contribution in [1.82, 2.24) is 4.90 Å². The van der Waals surface area contributed by atoms with E-state index in [4.69, 9.17) is 10.5 Å². The van der Waals surface area contributed by atoms with Gasteiger partial charge in [0.05, 0.1) is 6.61 Å².